The Kier molecular flexibility index (Phi) is 5.06. The van der Waals surface area contributed by atoms with Crippen LogP contribution in [0.2, 0.25) is 0 Å². The second-order valence-corrected chi connectivity index (χ2v) is 2.62. The van der Waals surface area contributed by atoms with E-state index in [4.69, 9.17) is 5.26 Å². The first-order valence-electron chi connectivity index (χ1n) is 3.96. The molecule has 0 heterocycles. The third-order valence-corrected chi connectivity index (χ3v) is 1.28. The van der Waals surface area contributed by atoms with Gasteiger partial charge in [0.15, 0.2) is 0 Å². The zero-order chi connectivity index (χ0) is 10.3. The van der Waals surface area contributed by atoms with E-state index in [1.165, 1.54) is 0 Å². The van der Waals surface area contributed by atoms with Gasteiger partial charge in [0.25, 0.3) is 0 Å². The number of nitriles is 1. The topological polar surface area (TPSA) is 35.8 Å². The van der Waals surface area contributed by atoms with Gasteiger partial charge in [-0.05, 0) is 26.0 Å². The number of nitrogens with zero attached hydrogens (tertiary/aromatic N) is 1. The van der Waals surface area contributed by atoms with E-state index < -0.39 is 0 Å². The van der Waals surface area contributed by atoms with Crippen LogP contribution in [-0.2, 0) is 0 Å². The highest BCUT2D eigenvalue weighted by Gasteiger charge is 1.89. The smallest absolute Gasteiger partial charge is 0.0985 e. The van der Waals surface area contributed by atoms with Crippen molar-refractivity contribution in [1.82, 2.24) is 5.32 Å². The van der Waals surface area contributed by atoms with E-state index in [1.807, 2.05) is 26.0 Å². The molecular weight excluding hydrogens is 160 g/mol. The summed E-state index contributed by atoms with van der Waals surface area (Å²) in [5.74, 6) is 0. The van der Waals surface area contributed by atoms with Crippen molar-refractivity contribution in [2.75, 3.05) is 0 Å². The van der Waals surface area contributed by atoms with Crippen LogP contribution in [0.1, 0.15) is 13.8 Å². The minimum atomic E-state index is 0.433. The van der Waals surface area contributed by atoms with Crippen LogP contribution in [0.25, 0.3) is 0 Å². The van der Waals surface area contributed by atoms with Gasteiger partial charge in [0.2, 0.25) is 0 Å². The molecule has 0 saturated carbocycles. The zero-order valence-electron chi connectivity index (χ0n) is 8.09. The van der Waals surface area contributed by atoms with E-state index in [1.54, 1.807) is 12.2 Å². The third kappa shape index (κ3) is 5.51. The van der Waals surface area contributed by atoms with Gasteiger partial charge >= 0.3 is 0 Å². The quantitative estimate of drug-likeness (QED) is 0.525. The number of allylic oxidation sites excluding steroid dienone is 5. The van der Waals surface area contributed by atoms with Crippen LogP contribution in [0.5, 0.6) is 0 Å². The lowest BCUT2D eigenvalue weighted by molar-refractivity contribution is 1.01. The van der Waals surface area contributed by atoms with Crippen LogP contribution in [0.3, 0.4) is 0 Å². The SMILES string of the molecule is C=C(C#N)/C=C\C(=C/C)NC(=C)C. The summed E-state index contributed by atoms with van der Waals surface area (Å²) < 4.78 is 0. The Labute approximate surface area is 79.6 Å². The van der Waals surface area contributed by atoms with Gasteiger partial charge in [-0.2, -0.15) is 5.26 Å². The minimum Gasteiger partial charge on any atom is -0.360 e. The third-order valence-electron chi connectivity index (χ3n) is 1.28. The molecule has 0 bridgehead atoms. The average molecular weight is 174 g/mol. The Morgan fingerprint density at radius 2 is 2.00 bits per heavy atom. The van der Waals surface area contributed by atoms with Gasteiger partial charge in [-0.25, -0.2) is 0 Å². The Morgan fingerprint density at radius 1 is 1.38 bits per heavy atom. The summed E-state index contributed by atoms with van der Waals surface area (Å²) in [6.07, 6.45) is 5.35. The van der Waals surface area contributed by atoms with Gasteiger partial charge in [0.1, 0.15) is 0 Å². The van der Waals surface area contributed by atoms with Gasteiger partial charge in [-0.3, -0.25) is 0 Å². The molecule has 13 heavy (non-hydrogen) atoms. The maximum Gasteiger partial charge on any atom is 0.0985 e. The van der Waals surface area contributed by atoms with Crippen LogP contribution in [-0.4, -0.2) is 0 Å². The fourth-order valence-corrected chi connectivity index (χ4v) is 0.684. The Morgan fingerprint density at radius 3 is 2.38 bits per heavy atom. The largest absolute Gasteiger partial charge is 0.360 e. The molecule has 0 fully saturated rings. The summed E-state index contributed by atoms with van der Waals surface area (Å²) in [4.78, 5) is 0. The lowest BCUT2D eigenvalue weighted by Crippen LogP contribution is -2.06. The molecule has 0 saturated heterocycles. The molecule has 0 aromatic heterocycles. The van der Waals surface area contributed by atoms with Gasteiger partial charge in [0, 0.05) is 17.0 Å². The fraction of sp³-hybridized carbons (Fsp3) is 0.182. The number of hydrogen-bond acceptors (Lipinski definition) is 2. The summed E-state index contributed by atoms with van der Waals surface area (Å²) in [5, 5.41) is 11.5. The van der Waals surface area contributed by atoms with Crippen molar-refractivity contribution in [2.24, 2.45) is 0 Å². The summed E-state index contributed by atoms with van der Waals surface area (Å²) in [6.45, 7) is 11.0. The highest BCUT2D eigenvalue weighted by molar-refractivity contribution is 5.34. The standard InChI is InChI=1S/C11H14N2/c1-5-11(13-9(2)3)7-6-10(4)8-12/h5-7,13H,2,4H2,1,3H3/b7-6-,11-5+. The molecule has 68 valence electrons. The van der Waals surface area contributed by atoms with Crippen molar-refractivity contribution in [2.45, 2.75) is 13.8 Å². The minimum absolute atomic E-state index is 0.433. The van der Waals surface area contributed by atoms with E-state index in [2.05, 4.69) is 18.5 Å². The Balaban J connectivity index is 4.33. The highest BCUT2D eigenvalue weighted by Crippen LogP contribution is 1.98. The lowest BCUT2D eigenvalue weighted by atomic mass is 10.2. The lowest BCUT2D eigenvalue weighted by Gasteiger charge is -2.04. The first kappa shape index (κ1) is 11.2. The van der Waals surface area contributed by atoms with Gasteiger partial charge in [0.05, 0.1) is 6.07 Å². The van der Waals surface area contributed by atoms with Crippen LogP contribution in [0, 0.1) is 11.3 Å². The van der Waals surface area contributed by atoms with E-state index in [0.29, 0.717) is 5.57 Å². The molecular formula is C11H14N2. The molecule has 0 spiro atoms. The molecule has 0 aliphatic carbocycles. The molecule has 0 rings (SSSR count). The van der Waals surface area contributed by atoms with Crippen molar-refractivity contribution in [3.8, 4) is 6.07 Å². The van der Waals surface area contributed by atoms with E-state index in [9.17, 15) is 0 Å². The van der Waals surface area contributed by atoms with Crippen LogP contribution in [0.15, 0.2) is 48.4 Å². The molecule has 0 aliphatic rings. The van der Waals surface area contributed by atoms with Gasteiger partial charge < -0.3 is 5.32 Å². The highest BCUT2D eigenvalue weighted by atomic mass is 14.9. The van der Waals surface area contributed by atoms with Crippen molar-refractivity contribution in [3.05, 3.63) is 48.4 Å². The Hall–Kier alpha value is -1.75. The monoisotopic (exact) mass is 174 g/mol. The van der Waals surface area contributed by atoms with Gasteiger partial charge in [-0.15, -0.1) is 0 Å². The molecule has 0 radical (unpaired) electrons. The predicted octanol–water partition coefficient (Wildman–Crippen LogP) is 2.65. The van der Waals surface area contributed by atoms with Crippen molar-refractivity contribution >= 4 is 0 Å². The second kappa shape index (κ2) is 5.84. The second-order valence-electron chi connectivity index (χ2n) is 2.62. The van der Waals surface area contributed by atoms with Crippen molar-refractivity contribution < 1.29 is 0 Å². The fourth-order valence-electron chi connectivity index (χ4n) is 0.684. The number of hydrogen-bond donors (Lipinski definition) is 1. The summed E-state index contributed by atoms with van der Waals surface area (Å²) in [7, 11) is 0. The normalized spacial score (nSPS) is 11.0. The maximum absolute atomic E-state index is 8.44. The van der Waals surface area contributed by atoms with E-state index in [-0.39, 0.29) is 0 Å². The van der Waals surface area contributed by atoms with E-state index >= 15 is 0 Å². The first-order valence-corrected chi connectivity index (χ1v) is 3.96. The molecule has 2 nitrogen and oxygen atoms in total. The van der Waals surface area contributed by atoms with Crippen LogP contribution >= 0.6 is 0 Å². The molecule has 0 aromatic carbocycles. The van der Waals surface area contributed by atoms with Crippen LogP contribution in [0.4, 0.5) is 0 Å². The predicted molar refractivity (Wildman–Crippen MR) is 55.6 cm³/mol. The van der Waals surface area contributed by atoms with Crippen LogP contribution < -0.4 is 5.32 Å². The van der Waals surface area contributed by atoms with Gasteiger partial charge in [-0.1, -0.05) is 19.2 Å². The molecule has 1 N–H and O–H groups in total. The first-order chi connectivity index (χ1) is 6.10. The molecule has 0 aliphatic heterocycles. The molecule has 0 unspecified atom stereocenters. The maximum atomic E-state index is 8.44. The van der Waals surface area contributed by atoms with E-state index in [0.717, 1.165) is 11.4 Å². The average Bonchev–Trinajstić information content (AvgIpc) is 2.10. The number of rotatable bonds is 4. The molecule has 0 amide bonds. The Bertz CT molecular complexity index is 301. The number of nitrogens with one attached hydrogen (secondary N) is 1. The molecule has 0 atom stereocenters. The zero-order valence-corrected chi connectivity index (χ0v) is 8.09. The van der Waals surface area contributed by atoms with Crippen molar-refractivity contribution in [3.63, 3.8) is 0 Å². The molecule has 2 heteroatoms. The van der Waals surface area contributed by atoms with Crippen molar-refractivity contribution in [1.29, 1.82) is 5.26 Å². The summed E-state index contributed by atoms with van der Waals surface area (Å²) in [5.41, 5.74) is 2.20. The molecule has 0 aromatic rings. The summed E-state index contributed by atoms with van der Waals surface area (Å²) in [6, 6.07) is 1.94. The summed E-state index contributed by atoms with van der Waals surface area (Å²) >= 11 is 0.